The van der Waals surface area contributed by atoms with Gasteiger partial charge in [0.1, 0.15) is 28.3 Å². The number of aromatic amines is 1. The van der Waals surface area contributed by atoms with E-state index in [4.69, 9.17) is 4.98 Å². The van der Waals surface area contributed by atoms with Crippen LogP contribution in [0, 0.1) is 12.7 Å². The molecule has 5 rings (SSSR count). The molecule has 0 spiro atoms. The Labute approximate surface area is 200 Å². The lowest BCUT2D eigenvalue weighted by Gasteiger charge is -2.11. The molecule has 0 bridgehead atoms. The fraction of sp³-hybridized carbons (Fsp3) is 0.292. The van der Waals surface area contributed by atoms with Gasteiger partial charge in [-0.05, 0) is 43.7 Å². The molecule has 0 fully saturated rings. The summed E-state index contributed by atoms with van der Waals surface area (Å²) in [5.41, 5.74) is 4.33. The summed E-state index contributed by atoms with van der Waals surface area (Å²) in [6.07, 6.45) is 4.66. The second-order valence-corrected chi connectivity index (χ2v) is 9.34. The van der Waals surface area contributed by atoms with Crippen LogP contribution in [0.4, 0.5) is 10.2 Å². The molecular formula is C24H25FN8S. The first-order chi connectivity index (χ1) is 16.5. The van der Waals surface area contributed by atoms with E-state index in [0.29, 0.717) is 17.0 Å². The monoisotopic (exact) mass is 476 g/mol. The Kier molecular flexibility index (Phi) is 6.41. The van der Waals surface area contributed by atoms with E-state index in [9.17, 15) is 4.39 Å². The van der Waals surface area contributed by atoms with E-state index in [-0.39, 0.29) is 18.4 Å². The number of thiazole rings is 1. The average Bonchev–Trinajstić information content (AvgIpc) is 3.41. The first kappa shape index (κ1) is 22.3. The highest BCUT2D eigenvalue weighted by molar-refractivity contribution is 7.18. The number of imidazole rings is 1. The molecule has 0 radical (unpaired) electrons. The molecule has 4 heterocycles. The van der Waals surface area contributed by atoms with Crippen LogP contribution in [0.25, 0.3) is 21.4 Å². The van der Waals surface area contributed by atoms with E-state index in [1.54, 1.807) is 23.6 Å². The van der Waals surface area contributed by atoms with E-state index in [1.807, 2.05) is 6.07 Å². The number of fused-ring (bicyclic) bond motifs is 2. The lowest BCUT2D eigenvalue weighted by Crippen LogP contribution is -2.30. The Morgan fingerprint density at radius 3 is 2.94 bits per heavy atom. The third-order valence-electron chi connectivity index (χ3n) is 5.52. The van der Waals surface area contributed by atoms with Gasteiger partial charge in [0.2, 0.25) is 0 Å². The highest BCUT2D eigenvalue weighted by Crippen LogP contribution is 2.25. The maximum atomic E-state index is 13.9. The van der Waals surface area contributed by atoms with Crippen molar-refractivity contribution in [3.05, 3.63) is 70.8 Å². The van der Waals surface area contributed by atoms with Gasteiger partial charge >= 0.3 is 0 Å². The second kappa shape index (κ2) is 9.78. The normalized spacial score (nSPS) is 12.4. The fourth-order valence-corrected chi connectivity index (χ4v) is 4.83. The smallest absolute Gasteiger partial charge is 0.157 e. The van der Waals surface area contributed by atoms with Gasteiger partial charge in [0.15, 0.2) is 5.82 Å². The van der Waals surface area contributed by atoms with Crippen molar-refractivity contribution >= 4 is 38.5 Å². The molecule has 10 heteroatoms. The number of pyridine rings is 1. The van der Waals surface area contributed by atoms with Gasteiger partial charge in [-0.2, -0.15) is 0 Å². The zero-order valence-corrected chi connectivity index (χ0v) is 19.8. The molecule has 3 N–H and O–H groups in total. The van der Waals surface area contributed by atoms with Gasteiger partial charge in [0.25, 0.3) is 0 Å². The fourth-order valence-electron chi connectivity index (χ4n) is 3.80. The van der Waals surface area contributed by atoms with E-state index in [1.165, 1.54) is 18.0 Å². The number of nitrogens with zero attached hydrogens (tertiary/aromatic N) is 5. The van der Waals surface area contributed by atoms with Gasteiger partial charge < -0.3 is 15.6 Å². The van der Waals surface area contributed by atoms with E-state index in [0.717, 1.165) is 46.1 Å². The number of hydrogen-bond acceptors (Lipinski definition) is 8. The van der Waals surface area contributed by atoms with Gasteiger partial charge in [-0.1, -0.05) is 17.4 Å². The molecule has 8 nitrogen and oxygen atoms in total. The first-order valence-electron chi connectivity index (χ1n) is 11.2. The molecule has 0 amide bonds. The molecule has 174 valence electrons. The minimum atomic E-state index is -0.350. The summed E-state index contributed by atoms with van der Waals surface area (Å²) in [6, 6.07) is 9.44. The largest absolute Gasteiger partial charge is 0.362 e. The molecule has 0 aliphatic carbocycles. The second-order valence-electron chi connectivity index (χ2n) is 8.28. The van der Waals surface area contributed by atoms with Crippen LogP contribution in [-0.4, -0.2) is 42.5 Å². The van der Waals surface area contributed by atoms with Gasteiger partial charge in [-0.15, -0.1) is 0 Å². The quantitative estimate of drug-likeness (QED) is 0.293. The Morgan fingerprint density at radius 1 is 1.15 bits per heavy atom. The number of H-pyrrole nitrogens is 1. The number of aromatic nitrogens is 6. The summed E-state index contributed by atoms with van der Waals surface area (Å²) in [6.45, 7) is 5.26. The molecule has 34 heavy (non-hydrogen) atoms. The molecule has 1 atom stereocenters. The number of halogens is 1. The summed E-state index contributed by atoms with van der Waals surface area (Å²) in [5.74, 6) is 1.21. The highest BCUT2D eigenvalue weighted by Gasteiger charge is 2.14. The number of rotatable bonds is 9. The maximum absolute atomic E-state index is 13.9. The third kappa shape index (κ3) is 5.02. The van der Waals surface area contributed by atoms with Crippen molar-refractivity contribution in [2.45, 2.75) is 39.3 Å². The van der Waals surface area contributed by atoms with Crippen molar-refractivity contribution < 1.29 is 4.39 Å². The van der Waals surface area contributed by atoms with Crippen molar-refractivity contribution in [2.75, 3.05) is 11.9 Å². The molecule has 0 aliphatic heterocycles. The topological polar surface area (TPSA) is 104 Å². The van der Waals surface area contributed by atoms with Crippen LogP contribution >= 0.6 is 11.3 Å². The molecule has 4 aromatic heterocycles. The van der Waals surface area contributed by atoms with Crippen LogP contribution in [0.15, 0.2) is 42.9 Å². The van der Waals surface area contributed by atoms with Crippen LogP contribution < -0.4 is 10.6 Å². The first-order valence-corrected chi connectivity index (χ1v) is 12.0. The van der Waals surface area contributed by atoms with E-state index >= 15 is 0 Å². The minimum Gasteiger partial charge on any atom is -0.362 e. The maximum Gasteiger partial charge on any atom is 0.157 e. The lowest BCUT2D eigenvalue weighted by atomic mass is 10.2. The summed E-state index contributed by atoms with van der Waals surface area (Å²) in [5, 5.41) is 7.67. The number of nitrogens with one attached hydrogen (secondary N) is 3. The summed E-state index contributed by atoms with van der Waals surface area (Å²) in [7, 11) is 0. The van der Waals surface area contributed by atoms with Crippen LogP contribution in [-0.2, 0) is 19.4 Å². The number of hydrogen-bond donors (Lipinski definition) is 3. The molecule has 0 aliphatic rings. The minimum absolute atomic E-state index is 0.227. The average molecular weight is 477 g/mol. The van der Waals surface area contributed by atoms with E-state index < -0.39 is 0 Å². The molecule has 1 aromatic carbocycles. The van der Waals surface area contributed by atoms with Crippen LogP contribution in [0.5, 0.6) is 0 Å². The molecule has 5 aromatic rings. The highest BCUT2D eigenvalue weighted by atomic mass is 32.1. The zero-order valence-electron chi connectivity index (χ0n) is 19.0. The molecule has 0 saturated heterocycles. The predicted molar refractivity (Wildman–Crippen MR) is 132 cm³/mol. The number of aryl methyl sites for hydroxylation is 1. The van der Waals surface area contributed by atoms with Crippen LogP contribution in [0.2, 0.25) is 0 Å². The molecular weight excluding hydrogens is 451 g/mol. The lowest BCUT2D eigenvalue weighted by molar-refractivity contribution is 0.544. The van der Waals surface area contributed by atoms with Crippen molar-refractivity contribution in [3.63, 3.8) is 0 Å². The summed E-state index contributed by atoms with van der Waals surface area (Å²) in [4.78, 5) is 26.3. The Morgan fingerprint density at radius 2 is 2.06 bits per heavy atom. The summed E-state index contributed by atoms with van der Waals surface area (Å²) >= 11 is 1.55. The molecule has 0 unspecified atom stereocenters. The van der Waals surface area contributed by atoms with Crippen molar-refractivity contribution in [3.8, 4) is 0 Å². The molecule has 0 saturated carbocycles. The zero-order chi connectivity index (χ0) is 23.5. The summed E-state index contributed by atoms with van der Waals surface area (Å²) < 4.78 is 13.9. The number of benzene rings is 1. The van der Waals surface area contributed by atoms with Gasteiger partial charge in [-0.3, -0.25) is 4.98 Å². The van der Waals surface area contributed by atoms with Gasteiger partial charge in [0.05, 0.1) is 28.3 Å². The Balaban J connectivity index is 1.18. The number of anilines is 1. The Bertz CT molecular complexity index is 1430. The standard InChI is InChI=1S/C24H25FN8S/c1-14-5-6-17-18(10-14)32-20(31-17)7-9-26-15(2)11-21-33-22-23(29-13-30-24(22)34-21)28-12-19-16(25)4-3-8-27-19/h3-6,8,10,13,15,26H,7,9,11-12H2,1-2H3,(H,31,32)(H,28,29,30)/t15-/m1/s1. The SMILES string of the molecule is Cc1ccc2nc(CCN[C@H](C)Cc3nc4c(NCc5ncccc5F)ncnc4s3)[nH]c2c1. The van der Waals surface area contributed by atoms with Gasteiger partial charge in [0, 0.05) is 31.6 Å². The third-order valence-corrected chi connectivity index (χ3v) is 6.51. The Hall–Kier alpha value is -3.50. The van der Waals surface area contributed by atoms with Crippen molar-refractivity contribution in [1.29, 1.82) is 0 Å². The van der Waals surface area contributed by atoms with Crippen molar-refractivity contribution in [1.82, 2.24) is 35.2 Å². The van der Waals surface area contributed by atoms with Crippen LogP contribution in [0.3, 0.4) is 0 Å². The van der Waals surface area contributed by atoms with Crippen molar-refractivity contribution in [2.24, 2.45) is 0 Å². The van der Waals surface area contributed by atoms with Gasteiger partial charge in [-0.25, -0.2) is 24.3 Å². The van der Waals surface area contributed by atoms with Crippen LogP contribution in [0.1, 0.15) is 29.0 Å². The van der Waals surface area contributed by atoms with E-state index in [2.05, 4.69) is 61.5 Å². The predicted octanol–water partition coefficient (Wildman–Crippen LogP) is 4.18.